The summed E-state index contributed by atoms with van der Waals surface area (Å²) in [4.78, 5) is 12.5. The third-order valence-corrected chi connectivity index (χ3v) is 4.03. The largest absolute Gasteiger partial charge is 0.486 e. The number of hydrogen-bond donors (Lipinski definition) is 0. The summed E-state index contributed by atoms with van der Waals surface area (Å²) in [5.41, 5.74) is 1.00. The Hall–Kier alpha value is -3.35. The number of benzene rings is 2. The van der Waals surface area contributed by atoms with Crippen LogP contribution < -0.4 is 14.2 Å². The first kappa shape index (κ1) is 16.1. The molecule has 0 bridgehead atoms. The van der Waals surface area contributed by atoms with Crippen molar-refractivity contribution in [3.05, 3.63) is 65.7 Å². The summed E-state index contributed by atoms with van der Waals surface area (Å²) in [5, 5.41) is 4.11. The van der Waals surface area contributed by atoms with Gasteiger partial charge in [0.05, 0.1) is 11.9 Å². The van der Waals surface area contributed by atoms with E-state index in [0.717, 1.165) is 0 Å². The normalized spacial score (nSPS) is 12.7. The zero-order valence-corrected chi connectivity index (χ0v) is 13.9. The molecule has 6 nitrogen and oxygen atoms in total. The predicted molar refractivity (Wildman–Crippen MR) is 90.6 cm³/mol. The first-order valence-electron chi connectivity index (χ1n) is 8.05. The van der Waals surface area contributed by atoms with Gasteiger partial charge in [-0.05, 0) is 31.2 Å². The number of ether oxygens (including phenoxy) is 3. The molecule has 7 heteroatoms. The van der Waals surface area contributed by atoms with E-state index in [1.807, 2.05) is 0 Å². The highest BCUT2D eigenvalue weighted by atomic mass is 19.1. The van der Waals surface area contributed by atoms with Crippen molar-refractivity contribution < 1.29 is 23.4 Å². The second-order valence-corrected chi connectivity index (χ2v) is 5.70. The molecule has 26 heavy (non-hydrogen) atoms. The molecule has 0 spiro atoms. The molecule has 2 heterocycles. The van der Waals surface area contributed by atoms with Crippen LogP contribution in [0.25, 0.3) is 5.69 Å². The highest BCUT2D eigenvalue weighted by Gasteiger charge is 2.20. The molecule has 3 aromatic rings. The number of para-hydroxylation sites is 1. The predicted octanol–water partition coefficient (Wildman–Crippen LogP) is 3.31. The molecule has 4 rings (SSSR count). The second kappa shape index (κ2) is 6.51. The maximum Gasteiger partial charge on any atom is 0.347 e. The summed E-state index contributed by atoms with van der Waals surface area (Å²) in [6.45, 7) is 2.61. The lowest BCUT2D eigenvalue weighted by Gasteiger charge is -2.18. The molecular weight excluding hydrogens is 339 g/mol. The molecule has 0 aliphatic carbocycles. The maximum atomic E-state index is 14.0. The first-order chi connectivity index (χ1) is 12.6. The van der Waals surface area contributed by atoms with Crippen molar-refractivity contribution in [1.29, 1.82) is 0 Å². The second-order valence-electron chi connectivity index (χ2n) is 5.70. The molecule has 1 aromatic heterocycles. The molecule has 0 N–H and O–H groups in total. The van der Waals surface area contributed by atoms with Crippen LogP contribution in [-0.4, -0.2) is 29.0 Å². The van der Waals surface area contributed by atoms with Gasteiger partial charge in [0.25, 0.3) is 0 Å². The van der Waals surface area contributed by atoms with E-state index in [2.05, 4.69) is 5.10 Å². The lowest BCUT2D eigenvalue weighted by molar-refractivity contribution is 0.0732. The number of halogens is 1. The Morgan fingerprint density at radius 1 is 1.15 bits per heavy atom. The molecule has 132 valence electrons. The molecule has 1 aliphatic rings. The third kappa shape index (κ3) is 2.88. The van der Waals surface area contributed by atoms with Crippen LogP contribution in [0.5, 0.6) is 17.2 Å². The van der Waals surface area contributed by atoms with E-state index in [1.54, 1.807) is 43.3 Å². The van der Waals surface area contributed by atoms with Crippen LogP contribution >= 0.6 is 0 Å². The highest BCUT2D eigenvalue weighted by Crippen LogP contribution is 2.33. The number of carbonyl (C=O) groups excluding carboxylic acids is 1. The van der Waals surface area contributed by atoms with E-state index in [1.165, 1.54) is 16.9 Å². The Morgan fingerprint density at radius 3 is 2.73 bits per heavy atom. The number of nitrogens with zero attached hydrogens (tertiary/aromatic N) is 2. The van der Waals surface area contributed by atoms with Crippen LogP contribution in [0.2, 0.25) is 0 Å². The molecular formula is C19H15FN2O4. The topological polar surface area (TPSA) is 62.6 Å². The van der Waals surface area contributed by atoms with Gasteiger partial charge >= 0.3 is 5.97 Å². The van der Waals surface area contributed by atoms with Gasteiger partial charge in [0.2, 0.25) is 0 Å². The average molecular weight is 354 g/mol. The SMILES string of the molecule is Cc1c(C(=O)Oc2ccc3c(c2)OCCO3)cnn1-c1ccccc1F. The Bertz CT molecular complexity index is 983. The maximum absolute atomic E-state index is 14.0. The van der Waals surface area contributed by atoms with Gasteiger partial charge in [0.1, 0.15) is 36.0 Å². The zero-order chi connectivity index (χ0) is 18.1. The van der Waals surface area contributed by atoms with E-state index in [9.17, 15) is 9.18 Å². The molecule has 1 aliphatic heterocycles. The lowest BCUT2D eigenvalue weighted by Crippen LogP contribution is -2.15. The van der Waals surface area contributed by atoms with Crippen LogP contribution in [0.3, 0.4) is 0 Å². The lowest BCUT2D eigenvalue weighted by atomic mass is 10.2. The summed E-state index contributed by atoms with van der Waals surface area (Å²) in [6.07, 6.45) is 1.36. The molecule has 0 unspecified atom stereocenters. The summed E-state index contributed by atoms with van der Waals surface area (Å²) < 4.78 is 31.7. The van der Waals surface area contributed by atoms with Crippen LogP contribution in [0.1, 0.15) is 16.1 Å². The molecule has 2 aromatic carbocycles. The smallest absolute Gasteiger partial charge is 0.347 e. The van der Waals surface area contributed by atoms with Crippen molar-refractivity contribution >= 4 is 5.97 Å². The molecule has 0 radical (unpaired) electrons. The molecule has 0 fully saturated rings. The van der Waals surface area contributed by atoms with Gasteiger partial charge in [-0.25, -0.2) is 13.9 Å². The number of esters is 1. The Labute approximate surface area is 148 Å². The van der Waals surface area contributed by atoms with Gasteiger partial charge in [0.15, 0.2) is 11.5 Å². The van der Waals surface area contributed by atoms with Crippen LogP contribution in [0.15, 0.2) is 48.7 Å². The van der Waals surface area contributed by atoms with Gasteiger partial charge in [0, 0.05) is 6.07 Å². The summed E-state index contributed by atoms with van der Waals surface area (Å²) in [5.74, 6) is 0.462. The van der Waals surface area contributed by atoms with Crippen molar-refractivity contribution in [1.82, 2.24) is 9.78 Å². The number of hydrogen-bond acceptors (Lipinski definition) is 5. The van der Waals surface area contributed by atoms with Gasteiger partial charge in [-0.2, -0.15) is 5.10 Å². The number of rotatable bonds is 3. The fourth-order valence-electron chi connectivity index (χ4n) is 2.73. The Kier molecular flexibility index (Phi) is 4.04. The van der Waals surface area contributed by atoms with Crippen molar-refractivity contribution in [2.24, 2.45) is 0 Å². The average Bonchev–Trinajstić information content (AvgIpc) is 3.03. The fourth-order valence-corrected chi connectivity index (χ4v) is 2.73. The molecule has 0 saturated heterocycles. The zero-order valence-electron chi connectivity index (χ0n) is 13.9. The van der Waals surface area contributed by atoms with Crippen molar-refractivity contribution in [3.63, 3.8) is 0 Å². The Balaban J connectivity index is 1.59. The third-order valence-electron chi connectivity index (χ3n) is 4.03. The minimum Gasteiger partial charge on any atom is -0.486 e. The van der Waals surface area contributed by atoms with Gasteiger partial charge in [-0.1, -0.05) is 12.1 Å². The van der Waals surface area contributed by atoms with Gasteiger partial charge < -0.3 is 14.2 Å². The van der Waals surface area contributed by atoms with E-state index in [0.29, 0.717) is 36.2 Å². The first-order valence-corrected chi connectivity index (χ1v) is 8.05. The number of carbonyl (C=O) groups is 1. The monoisotopic (exact) mass is 354 g/mol. The summed E-state index contributed by atoms with van der Waals surface area (Å²) in [7, 11) is 0. The van der Waals surface area contributed by atoms with E-state index in [-0.39, 0.29) is 11.3 Å². The Morgan fingerprint density at radius 2 is 1.92 bits per heavy atom. The highest BCUT2D eigenvalue weighted by molar-refractivity contribution is 5.92. The van der Waals surface area contributed by atoms with Gasteiger partial charge in [-0.15, -0.1) is 0 Å². The minimum atomic E-state index is -0.582. The van der Waals surface area contributed by atoms with Gasteiger partial charge in [-0.3, -0.25) is 0 Å². The minimum absolute atomic E-state index is 0.253. The summed E-state index contributed by atoms with van der Waals surface area (Å²) >= 11 is 0. The van der Waals surface area contributed by atoms with Crippen LogP contribution in [0.4, 0.5) is 4.39 Å². The fraction of sp³-hybridized carbons (Fsp3) is 0.158. The van der Waals surface area contributed by atoms with Crippen LogP contribution in [0, 0.1) is 12.7 Å². The molecule has 0 saturated carbocycles. The van der Waals surface area contributed by atoms with Crippen molar-refractivity contribution in [2.75, 3.05) is 13.2 Å². The standard InChI is InChI=1S/C19H15FN2O4/c1-12-14(11-21-22(12)16-5-3-2-4-15(16)20)19(23)26-13-6-7-17-18(10-13)25-9-8-24-17/h2-7,10-11H,8-9H2,1H3. The molecule has 0 amide bonds. The van der Waals surface area contributed by atoms with E-state index in [4.69, 9.17) is 14.2 Å². The number of aromatic nitrogens is 2. The van der Waals surface area contributed by atoms with Crippen LogP contribution in [-0.2, 0) is 0 Å². The van der Waals surface area contributed by atoms with E-state index < -0.39 is 11.8 Å². The quantitative estimate of drug-likeness (QED) is 0.533. The van der Waals surface area contributed by atoms with Crippen molar-refractivity contribution in [3.8, 4) is 22.9 Å². The summed E-state index contributed by atoms with van der Waals surface area (Å²) in [6, 6.07) is 11.1. The van der Waals surface area contributed by atoms with Crippen molar-refractivity contribution in [2.45, 2.75) is 6.92 Å². The number of fused-ring (bicyclic) bond motifs is 1. The molecule has 0 atom stereocenters. The van der Waals surface area contributed by atoms with E-state index >= 15 is 0 Å².